The van der Waals surface area contributed by atoms with Crippen LogP contribution >= 0.6 is 0 Å². The number of hydrogen-bond acceptors (Lipinski definition) is 5. The standard InChI is InChI=1S/C16H21N3O3/c1-4-14-17-15(22-18-14)12-5-7-19(8-6-12)16(20)13-9-10(2)21-11(13)3/h9,12H,4-8H2,1-3H3. The molecule has 0 saturated carbocycles. The third kappa shape index (κ3) is 2.77. The fraction of sp³-hybridized carbons (Fsp3) is 0.562. The predicted octanol–water partition coefficient (Wildman–Crippen LogP) is 2.86. The molecular weight excluding hydrogens is 282 g/mol. The normalized spacial score (nSPS) is 16.2. The zero-order valence-electron chi connectivity index (χ0n) is 13.3. The second kappa shape index (κ2) is 5.94. The second-order valence-corrected chi connectivity index (χ2v) is 5.80. The molecule has 0 aromatic carbocycles. The Hall–Kier alpha value is -2.11. The molecule has 1 saturated heterocycles. The molecule has 3 rings (SSSR count). The van der Waals surface area contributed by atoms with Crippen molar-refractivity contribution >= 4 is 5.91 Å². The quantitative estimate of drug-likeness (QED) is 0.871. The van der Waals surface area contributed by atoms with Gasteiger partial charge in [0.1, 0.15) is 11.5 Å². The van der Waals surface area contributed by atoms with E-state index in [0.717, 1.165) is 30.8 Å². The summed E-state index contributed by atoms with van der Waals surface area (Å²) < 4.78 is 10.8. The van der Waals surface area contributed by atoms with E-state index in [0.29, 0.717) is 30.3 Å². The Morgan fingerprint density at radius 3 is 2.64 bits per heavy atom. The van der Waals surface area contributed by atoms with Crippen LogP contribution in [0, 0.1) is 13.8 Å². The number of aromatic nitrogens is 2. The Balaban J connectivity index is 1.64. The topological polar surface area (TPSA) is 72.4 Å². The van der Waals surface area contributed by atoms with Gasteiger partial charge in [-0.3, -0.25) is 4.79 Å². The van der Waals surface area contributed by atoms with Crippen molar-refractivity contribution in [3.63, 3.8) is 0 Å². The molecule has 3 heterocycles. The van der Waals surface area contributed by atoms with Crippen LogP contribution in [0.3, 0.4) is 0 Å². The van der Waals surface area contributed by atoms with Crippen molar-refractivity contribution in [2.75, 3.05) is 13.1 Å². The fourth-order valence-corrected chi connectivity index (χ4v) is 2.92. The minimum absolute atomic E-state index is 0.0487. The smallest absolute Gasteiger partial charge is 0.257 e. The zero-order chi connectivity index (χ0) is 15.7. The molecule has 0 unspecified atom stereocenters. The van der Waals surface area contributed by atoms with Crippen LogP contribution in [0.4, 0.5) is 0 Å². The summed E-state index contributed by atoms with van der Waals surface area (Å²) in [5.74, 6) is 3.22. The van der Waals surface area contributed by atoms with Gasteiger partial charge in [0.25, 0.3) is 5.91 Å². The number of hydrogen-bond donors (Lipinski definition) is 0. The Morgan fingerprint density at radius 1 is 1.36 bits per heavy atom. The van der Waals surface area contributed by atoms with Gasteiger partial charge in [-0.25, -0.2) is 0 Å². The minimum atomic E-state index is 0.0487. The summed E-state index contributed by atoms with van der Waals surface area (Å²) in [7, 11) is 0. The van der Waals surface area contributed by atoms with Crippen LogP contribution in [0.15, 0.2) is 15.0 Å². The molecule has 1 aliphatic rings. The summed E-state index contributed by atoms with van der Waals surface area (Å²) in [5, 5.41) is 3.95. The molecule has 2 aromatic rings. The van der Waals surface area contributed by atoms with Crippen LogP contribution in [0.1, 0.15) is 59.3 Å². The van der Waals surface area contributed by atoms with Crippen molar-refractivity contribution in [1.29, 1.82) is 0 Å². The summed E-state index contributed by atoms with van der Waals surface area (Å²) in [6, 6.07) is 1.81. The highest BCUT2D eigenvalue weighted by atomic mass is 16.5. The molecule has 6 heteroatoms. The summed E-state index contributed by atoms with van der Waals surface area (Å²) in [6.07, 6.45) is 2.49. The SMILES string of the molecule is CCc1noc(C2CCN(C(=O)c3cc(C)oc3C)CC2)n1. The van der Waals surface area contributed by atoms with Gasteiger partial charge in [-0.2, -0.15) is 4.98 Å². The summed E-state index contributed by atoms with van der Waals surface area (Å²) in [6.45, 7) is 7.10. The second-order valence-electron chi connectivity index (χ2n) is 5.80. The van der Waals surface area contributed by atoms with Crippen molar-refractivity contribution in [3.8, 4) is 0 Å². The average Bonchev–Trinajstić information content (AvgIpc) is 3.13. The first-order valence-corrected chi connectivity index (χ1v) is 7.77. The Labute approximate surface area is 129 Å². The maximum absolute atomic E-state index is 12.5. The van der Waals surface area contributed by atoms with E-state index in [-0.39, 0.29) is 11.8 Å². The molecular formula is C16H21N3O3. The van der Waals surface area contributed by atoms with Gasteiger partial charge in [-0.05, 0) is 32.8 Å². The average molecular weight is 303 g/mol. The fourth-order valence-electron chi connectivity index (χ4n) is 2.92. The molecule has 22 heavy (non-hydrogen) atoms. The van der Waals surface area contributed by atoms with E-state index in [9.17, 15) is 4.79 Å². The van der Waals surface area contributed by atoms with Crippen LogP contribution < -0.4 is 0 Å². The Bertz CT molecular complexity index is 666. The largest absolute Gasteiger partial charge is 0.466 e. The first-order valence-electron chi connectivity index (χ1n) is 7.77. The molecule has 1 aliphatic heterocycles. The highest BCUT2D eigenvalue weighted by Crippen LogP contribution is 2.28. The predicted molar refractivity (Wildman–Crippen MR) is 79.7 cm³/mol. The van der Waals surface area contributed by atoms with E-state index in [1.165, 1.54) is 0 Å². The summed E-state index contributed by atoms with van der Waals surface area (Å²) in [4.78, 5) is 18.8. The van der Waals surface area contributed by atoms with Crippen molar-refractivity contribution in [3.05, 3.63) is 34.9 Å². The van der Waals surface area contributed by atoms with Crippen molar-refractivity contribution in [2.24, 2.45) is 0 Å². The molecule has 6 nitrogen and oxygen atoms in total. The number of likely N-dealkylation sites (tertiary alicyclic amines) is 1. The molecule has 0 radical (unpaired) electrons. The van der Waals surface area contributed by atoms with Gasteiger partial charge in [0.2, 0.25) is 5.89 Å². The maximum Gasteiger partial charge on any atom is 0.257 e. The first-order chi connectivity index (χ1) is 10.6. The molecule has 0 N–H and O–H groups in total. The number of amides is 1. The molecule has 2 aromatic heterocycles. The summed E-state index contributed by atoms with van der Waals surface area (Å²) in [5.41, 5.74) is 0.669. The van der Waals surface area contributed by atoms with Gasteiger partial charge in [0.15, 0.2) is 5.82 Å². The lowest BCUT2D eigenvalue weighted by Crippen LogP contribution is -2.38. The minimum Gasteiger partial charge on any atom is -0.466 e. The first kappa shape index (κ1) is 14.8. The van der Waals surface area contributed by atoms with Crippen molar-refractivity contribution in [1.82, 2.24) is 15.0 Å². The van der Waals surface area contributed by atoms with E-state index in [4.69, 9.17) is 8.94 Å². The number of nitrogens with zero attached hydrogens (tertiary/aromatic N) is 3. The van der Waals surface area contributed by atoms with Gasteiger partial charge in [-0.1, -0.05) is 12.1 Å². The number of carbonyl (C=O) groups excluding carboxylic acids is 1. The van der Waals surface area contributed by atoms with Gasteiger partial charge in [0, 0.05) is 25.4 Å². The molecule has 0 atom stereocenters. The number of carbonyl (C=O) groups is 1. The van der Waals surface area contributed by atoms with Crippen molar-refractivity contribution in [2.45, 2.75) is 46.0 Å². The summed E-state index contributed by atoms with van der Waals surface area (Å²) >= 11 is 0. The van der Waals surface area contributed by atoms with E-state index in [2.05, 4.69) is 10.1 Å². The van der Waals surface area contributed by atoms with Crippen LogP contribution in [0.5, 0.6) is 0 Å². The van der Waals surface area contributed by atoms with E-state index >= 15 is 0 Å². The lowest BCUT2D eigenvalue weighted by Gasteiger charge is -2.30. The molecule has 0 spiro atoms. The monoisotopic (exact) mass is 303 g/mol. The van der Waals surface area contributed by atoms with Crippen LogP contribution in [-0.2, 0) is 6.42 Å². The molecule has 0 bridgehead atoms. The highest BCUT2D eigenvalue weighted by Gasteiger charge is 2.29. The van der Waals surface area contributed by atoms with E-state index in [1.54, 1.807) is 0 Å². The highest BCUT2D eigenvalue weighted by molar-refractivity contribution is 5.95. The number of rotatable bonds is 3. The lowest BCUT2D eigenvalue weighted by molar-refractivity contribution is 0.0703. The number of furan rings is 1. The van der Waals surface area contributed by atoms with Gasteiger partial charge >= 0.3 is 0 Å². The molecule has 118 valence electrons. The van der Waals surface area contributed by atoms with Gasteiger partial charge in [0.05, 0.1) is 5.56 Å². The zero-order valence-corrected chi connectivity index (χ0v) is 13.3. The van der Waals surface area contributed by atoms with Gasteiger partial charge < -0.3 is 13.8 Å². The number of aryl methyl sites for hydroxylation is 3. The van der Waals surface area contributed by atoms with E-state index < -0.39 is 0 Å². The lowest BCUT2D eigenvalue weighted by atomic mass is 9.96. The Morgan fingerprint density at radius 2 is 2.09 bits per heavy atom. The van der Waals surface area contributed by atoms with Crippen LogP contribution in [-0.4, -0.2) is 34.0 Å². The molecule has 1 fully saturated rings. The molecule has 1 amide bonds. The number of piperidine rings is 1. The van der Waals surface area contributed by atoms with Crippen LogP contribution in [0.25, 0.3) is 0 Å². The van der Waals surface area contributed by atoms with Crippen molar-refractivity contribution < 1.29 is 13.7 Å². The van der Waals surface area contributed by atoms with Crippen LogP contribution in [0.2, 0.25) is 0 Å². The van der Waals surface area contributed by atoms with Gasteiger partial charge in [-0.15, -0.1) is 0 Å². The third-order valence-electron chi connectivity index (χ3n) is 4.20. The third-order valence-corrected chi connectivity index (χ3v) is 4.20. The Kier molecular flexibility index (Phi) is 4.00. The van der Waals surface area contributed by atoms with E-state index in [1.807, 2.05) is 31.7 Å². The maximum atomic E-state index is 12.5. The molecule has 0 aliphatic carbocycles.